The van der Waals surface area contributed by atoms with Crippen LogP contribution in [0.2, 0.25) is 0 Å². The van der Waals surface area contributed by atoms with Crippen LogP contribution in [0.1, 0.15) is 24.8 Å². The van der Waals surface area contributed by atoms with E-state index in [2.05, 4.69) is 34.7 Å². The van der Waals surface area contributed by atoms with Gasteiger partial charge in [-0.3, -0.25) is 4.79 Å². The third-order valence-corrected chi connectivity index (χ3v) is 3.65. The summed E-state index contributed by atoms with van der Waals surface area (Å²) >= 11 is 0. The van der Waals surface area contributed by atoms with E-state index in [0.29, 0.717) is 6.42 Å². The minimum atomic E-state index is 0.0666. The zero-order valence-electron chi connectivity index (χ0n) is 12.4. The van der Waals surface area contributed by atoms with E-state index in [1.54, 1.807) is 10.7 Å². The molecule has 112 valence electrons. The fourth-order valence-corrected chi connectivity index (χ4v) is 2.48. The molecule has 0 aliphatic rings. The van der Waals surface area contributed by atoms with Gasteiger partial charge in [-0.1, -0.05) is 30.3 Å². The van der Waals surface area contributed by atoms with Crippen LogP contribution in [-0.2, 0) is 11.2 Å². The number of rotatable bonds is 6. The van der Waals surface area contributed by atoms with E-state index < -0.39 is 0 Å². The fraction of sp³-hybridized carbons (Fsp3) is 0.222. The molecule has 0 radical (unpaired) electrons. The molecule has 3 rings (SSSR count). The Hall–Kier alpha value is -2.62. The molecule has 0 aliphatic heterocycles. The van der Waals surface area contributed by atoms with Crippen LogP contribution in [-0.4, -0.2) is 15.5 Å². The maximum absolute atomic E-state index is 12.0. The molecule has 2 aromatic heterocycles. The van der Waals surface area contributed by atoms with Crippen molar-refractivity contribution in [2.75, 3.05) is 5.32 Å². The Bertz CT molecular complexity index is 749. The number of fused-ring (bicyclic) bond motifs is 1. The number of anilines is 1. The zero-order valence-corrected chi connectivity index (χ0v) is 12.4. The van der Waals surface area contributed by atoms with Gasteiger partial charge in [0.2, 0.25) is 5.91 Å². The molecular formula is C18H19N3O. The number of pyridine rings is 1. The van der Waals surface area contributed by atoms with Gasteiger partial charge >= 0.3 is 0 Å². The van der Waals surface area contributed by atoms with Gasteiger partial charge in [-0.15, -0.1) is 0 Å². The standard InChI is InChI=1S/C18H19N3O/c22-18(9-5-4-8-15-6-2-1-3-7-15)20-16-11-13-21-17(14-16)10-12-19-21/h1-3,6-7,10-14H,4-5,8-9H2,(H,20,22). The summed E-state index contributed by atoms with van der Waals surface area (Å²) in [5.74, 6) is 0.0666. The highest BCUT2D eigenvalue weighted by Gasteiger charge is 2.03. The molecule has 0 saturated carbocycles. The number of amides is 1. The molecule has 0 saturated heterocycles. The first-order valence-electron chi connectivity index (χ1n) is 7.58. The van der Waals surface area contributed by atoms with E-state index in [1.165, 1.54) is 5.56 Å². The first-order chi connectivity index (χ1) is 10.8. The second kappa shape index (κ2) is 6.89. The number of benzene rings is 1. The lowest BCUT2D eigenvalue weighted by Crippen LogP contribution is -2.11. The molecule has 0 bridgehead atoms. The van der Waals surface area contributed by atoms with Crippen LogP contribution in [0.15, 0.2) is 60.9 Å². The Morgan fingerprint density at radius 2 is 1.95 bits per heavy atom. The van der Waals surface area contributed by atoms with E-state index >= 15 is 0 Å². The Morgan fingerprint density at radius 3 is 2.82 bits per heavy atom. The van der Waals surface area contributed by atoms with Gasteiger partial charge in [-0.25, -0.2) is 4.52 Å². The highest BCUT2D eigenvalue weighted by molar-refractivity contribution is 5.91. The first-order valence-corrected chi connectivity index (χ1v) is 7.58. The van der Waals surface area contributed by atoms with Crippen molar-refractivity contribution in [3.05, 3.63) is 66.5 Å². The number of hydrogen-bond donors (Lipinski definition) is 1. The van der Waals surface area contributed by atoms with Crippen LogP contribution in [0, 0.1) is 0 Å². The van der Waals surface area contributed by atoms with Gasteiger partial charge in [-0.05, 0) is 43.0 Å². The molecule has 0 unspecified atom stereocenters. The van der Waals surface area contributed by atoms with Crippen molar-refractivity contribution in [2.24, 2.45) is 0 Å². The number of unbranched alkanes of at least 4 members (excludes halogenated alkanes) is 1. The minimum Gasteiger partial charge on any atom is -0.326 e. The maximum atomic E-state index is 12.0. The van der Waals surface area contributed by atoms with Crippen LogP contribution in [0.3, 0.4) is 0 Å². The molecule has 4 nitrogen and oxygen atoms in total. The molecule has 1 aromatic carbocycles. The maximum Gasteiger partial charge on any atom is 0.224 e. The second-order valence-electron chi connectivity index (χ2n) is 5.36. The monoisotopic (exact) mass is 293 g/mol. The summed E-state index contributed by atoms with van der Waals surface area (Å²) in [6.07, 6.45) is 7.09. The largest absolute Gasteiger partial charge is 0.326 e. The lowest BCUT2D eigenvalue weighted by atomic mass is 10.1. The third-order valence-electron chi connectivity index (χ3n) is 3.65. The summed E-state index contributed by atoms with van der Waals surface area (Å²) < 4.78 is 1.77. The number of aryl methyl sites for hydroxylation is 1. The number of nitrogens with zero attached hydrogens (tertiary/aromatic N) is 2. The topological polar surface area (TPSA) is 46.4 Å². The zero-order chi connectivity index (χ0) is 15.2. The van der Waals surface area contributed by atoms with E-state index in [1.807, 2.05) is 30.5 Å². The number of hydrogen-bond acceptors (Lipinski definition) is 2. The Balaban J connectivity index is 1.44. The molecule has 0 spiro atoms. The number of carbonyl (C=O) groups is 1. The first kappa shape index (κ1) is 14.3. The summed E-state index contributed by atoms with van der Waals surface area (Å²) in [6.45, 7) is 0. The van der Waals surface area contributed by atoms with Gasteiger partial charge in [0.05, 0.1) is 5.52 Å². The Morgan fingerprint density at radius 1 is 1.09 bits per heavy atom. The average Bonchev–Trinajstić information content (AvgIpc) is 3.00. The molecular weight excluding hydrogens is 274 g/mol. The van der Waals surface area contributed by atoms with E-state index in [4.69, 9.17) is 0 Å². The predicted molar refractivity (Wildman–Crippen MR) is 87.8 cm³/mol. The highest BCUT2D eigenvalue weighted by atomic mass is 16.1. The molecule has 2 heterocycles. The SMILES string of the molecule is O=C(CCCCc1ccccc1)Nc1ccn2nccc2c1. The molecule has 4 heteroatoms. The van der Waals surface area contributed by atoms with Crippen molar-refractivity contribution < 1.29 is 4.79 Å². The lowest BCUT2D eigenvalue weighted by Gasteiger charge is -2.06. The van der Waals surface area contributed by atoms with Crippen molar-refractivity contribution in [1.82, 2.24) is 9.61 Å². The van der Waals surface area contributed by atoms with Gasteiger partial charge in [0.25, 0.3) is 0 Å². The van der Waals surface area contributed by atoms with Crippen LogP contribution in [0.4, 0.5) is 5.69 Å². The predicted octanol–water partition coefficient (Wildman–Crippen LogP) is 3.69. The van der Waals surface area contributed by atoms with Gasteiger partial charge in [0, 0.05) is 24.5 Å². The van der Waals surface area contributed by atoms with Crippen molar-refractivity contribution in [3.63, 3.8) is 0 Å². The summed E-state index contributed by atoms with van der Waals surface area (Å²) in [7, 11) is 0. The van der Waals surface area contributed by atoms with Gasteiger partial charge < -0.3 is 5.32 Å². The second-order valence-corrected chi connectivity index (χ2v) is 5.36. The number of aromatic nitrogens is 2. The van der Waals surface area contributed by atoms with Crippen LogP contribution >= 0.6 is 0 Å². The molecule has 0 fully saturated rings. The Kier molecular flexibility index (Phi) is 4.49. The number of carbonyl (C=O) groups excluding carboxylic acids is 1. The molecule has 0 atom stereocenters. The van der Waals surface area contributed by atoms with Crippen molar-refractivity contribution in [2.45, 2.75) is 25.7 Å². The van der Waals surface area contributed by atoms with Crippen molar-refractivity contribution in [3.8, 4) is 0 Å². The van der Waals surface area contributed by atoms with Crippen LogP contribution in [0.25, 0.3) is 5.52 Å². The average molecular weight is 293 g/mol. The van der Waals surface area contributed by atoms with Crippen molar-refractivity contribution in [1.29, 1.82) is 0 Å². The van der Waals surface area contributed by atoms with E-state index in [0.717, 1.165) is 30.5 Å². The summed E-state index contributed by atoms with van der Waals surface area (Å²) in [5, 5.41) is 7.07. The Labute approximate surface area is 129 Å². The molecule has 0 aliphatic carbocycles. The molecule has 1 amide bonds. The highest BCUT2D eigenvalue weighted by Crippen LogP contribution is 2.12. The molecule has 1 N–H and O–H groups in total. The summed E-state index contributed by atoms with van der Waals surface area (Å²) in [5.41, 5.74) is 3.12. The lowest BCUT2D eigenvalue weighted by molar-refractivity contribution is -0.116. The number of nitrogens with one attached hydrogen (secondary N) is 1. The molecule has 22 heavy (non-hydrogen) atoms. The molecule has 3 aromatic rings. The van der Waals surface area contributed by atoms with Gasteiger partial charge in [-0.2, -0.15) is 5.10 Å². The summed E-state index contributed by atoms with van der Waals surface area (Å²) in [6, 6.07) is 16.1. The van der Waals surface area contributed by atoms with E-state index in [9.17, 15) is 4.79 Å². The smallest absolute Gasteiger partial charge is 0.224 e. The quantitative estimate of drug-likeness (QED) is 0.705. The third kappa shape index (κ3) is 3.73. The van der Waals surface area contributed by atoms with Crippen LogP contribution < -0.4 is 5.32 Å². The van der Waals surface area contributed by atoms with Gasteiger partial charge in [0.1, 0.15) is 0 Å². The van der Waals surface area contributed by atoms with Crippen LogP contribution in [0.5, 0.6) is 0 Å². The normalized spacial score (nSPS) is 10.7. The van der Waals surface area contributed by atoms with Gasteiger partial charge in [0.15, 0.2) is 0 Å². The summed E-state index contributed by atoms with van der Waals surface area (Å²) in [4.78, 5) is 12.0. The minimum absolute atomic E-state index is 0.0666. The van der Waals surface area contributed by atoms with E-state index in [-0.39, 0.29) is 5.91 Å². The van der Waals surface area contributed by atoms with Crippen molar-refractivity contribution >= 4 is 17.1 Å². The fourth-order valence-electron chi connectivity index (χ4n) is 2.48.